The molecule has 27 heavy (non-hydrogen) atoms. The Bertz CT molecular complexity index is 887. The van der Waals surface area contributed by atoms with Crippen molar-refractivity contribution in [2.75, 3.05) is 0 Å². The van der Waals surface area contributed by atoms with Crippen molar-refractivity contribution in [2.24, 2.45) is 0 Å². The first-order valence-corrected chi connectivity index (χ1v) is 9.35. The quantitative estimate of drug-likeness (QED) is 0.597. The van der Waals surface area contributed by atoms with Crippen LogP contribution in [0.15, 0.2) is 59.9 Å². The van der Waals surface area contributed by atoms with E-state index >= 15 is 0 Å². The molecule has 0 spiro atoms. The van der Waals surface area contributed by atoms with E-state index in [1.807, 2.05) is 35.8 Å². The van der Waals surface area contributed by atoms with Crippen LogP contribution in [0.5, 0.6) is 0 Å². The Labute approximate surface area is 159 Å². The molecule has 0 aliphatic carbocycles. The van der Waals surface area contributed by atoms with Gasteiger partial charge in [-0.25, -0.2) is 4.98 Å². The van der Waals surface area contributed by atoms with E-state index in [9.17, 15) is 18.3 Å². The Morgan fingerprint density at radius 1 is 1.00 bits per heavy atom. The lowest BCUT2D eigenvalue weighted by Gasteiger charge is -2.09. The number of imidazole rings is 1. The largest absolute Gasteiger partial charge is 0.416 e. The van der Waals surface area contributed by atoms with Gasteiger partial charge in [0.2, 0.25) is 0 Å². The number of nitrogens with zero attached hydrogens (tertiary/aromatic N) is 2. The van der Waals surface area contributed by atoms with Crippen LogP contribution < -0.4 is 0 Å². The predicted molar refractivity (Wildman–Crippen MR) is 99.4 cm³/mol. The summed E-state index contributed by atoms with van der Waals surface area (Å²) in [6, 6.07) is 13.3. The first kappa shape index (κ1) is 19.5. The third-order valence-corrected chi connectivity index (χ3v) is 5.14. The Morgan fingerprint density at radius 2 is 1.63 bits per heavy atom. The maximum Gasteiger partial charge on any atom is 0.416 e. The third-order valence-electron chi connectivity index (χ3n) is 4.07. The first-order chi connectivity index (χ1) is 12.8. The van der Waals surface area contributed by atoms with Gasteiger partial charge in [-0.2, -0.15) is 13.2 Å². The van der Waals surface area contributed by atoms with Crippen molar-refractivity contribution in [3.05, 3.63) is 82.7 Å². The summed E-state index contributed by atoms with van der Waals surface area (Å²) in [4.78, 5) is 4.41. The molecule has 0 aliphatic heterocycles. The van der Waals surface area contributed by atoms with Gasteiger partial charge in [0.25, 0.3) is 0 Å². The summed E-state index contributed by atoms with van der Waals surface area (Å²) >= 11 is 1.43. The number of hydrogen-bond donors (Lipinski definition) is 1. The van der Waals surface area contributed by atoms with Gasteiger partial charge >= 0.3 is 6.18 Å². The Hall–Kier alpha value is -2.25. The molecule has 0 amide bonds. The fourth-order valence-corrected chi connectivity index (χ4v) is 3.54. The minimum atomic E-state index is -4.33. The predicted octanol–water partition coefficient (Wildman–Crippen LogP) is 5.04. The lowest BCUT2D eigenvalue weighted by atomic mass is 10.1. The molecule has 0 saturated heterocycles. The lowest BCUT2D eigenvalue weighted by Crippen LogP contribution is -2.04. The standard InChI is InChI=1S/C20H19F3N2OS/c1-14-2-4-15(5-3-14)10-25-11-18(12-26)24-19(25)27-13-16-6-8-17(9-7-16)20(21,22)23/h2-9,11,26H,10,12-13H2,1H3. The summed E-state index contributed by atoms with van der Waals surface area (Å²) in [6.07, 6.45) is -2.53. The zero-order chi connectivity index (χ0) is 19.4. The van der Waals surface area contributed by atoms with Crippen LogP contribution in [0.4, 0.5) is 13.2 Å². The van der Waals surface area contributed by atoms with Crippen LogP contribution in [0, 0.1) is 6.92 Å². The monoisotopic (exact) mass is 392 g/mol. The van der Waals surface area contributed by atoms with Crippen molar-refractivity contribution in [3.8, 4) is 0 Å². The van der Waals surface area contributed by atoms with E-state index < -0.39 is 11.7 Å². The van der Waals surface area contributed by atoms with Gasteiger partial charge in [0, 0.05) is 18.5 Å². The van der Waals surface area contributed by atoms with Gasteiger partial charge in [-0.3, -0.25) is 0 Å². The van der Waals surface area contributed by atoms with E-state index in [-0.39, 0.29) is 6.61 Å². The summed E-state index contributed by atoms with van der Waals surface area (Å²) in [5, 5.41) is 10.1. The first-order valence-electron chi connectivity index (χ1n) is 8.36. The molecule has 0 saturated carbocycles. The van der Waals surface area contributed by atoms with Crippen LogP contribution >= 0.6 is 11.8 Å². The average Bonchev–Trinajstić information content (AvgIpc) is 3.03. The lowest BCUT2D eigenvalue weighted by molar-refractivity contribution is -0.137. The highest BCUT2D eigenvalue weighted by atomic mass is 32.2. The molecule has 1 heterocycles. The number of alkyl halides is 3. The Kier molecular flexibility index (Phi) is 5.92. The Balaban J connectivity index is 1.72. The SMILES string of the molecule is Cc1ccc(Cn2cc(CO)nc2SCc2ccc(C(F)(F)F)cc2)cc1. The Morgan fingerprint density at radius 3 is 2.22 bits per heavy atom. The van der Waals surface area contributed by atoms with E-state index in [2.05, 4.69) is 4.98 Å². The van der Waals surface area contributed by atoms with Gasteiger partial charge in [-0.05, 0) is 30.2 Å². The van der Waals surface area contributed by atoms with E-state index in [0.29, 0.717) is 18.0 Å². The number of aliphatic hydroxyl groups is 1. The third kappa shape index (κ3) is 5.14. The number of aliphatic hydroxyl groups excluding tert-OH is 1. The van der Waals surface area contributed by atoms with Crippen molar-refractivity contribution in [1.82, 2.24) is 9.55 Å². The number of aromatic nitrogens is 2. The van der Waals surface area contributed by atoms with Crippen LogP contribution in [0.2, 0.25) is 0 Å². The summed E-state index contributed by atoms with van der Waals surface area (Å²) in [7, 11) is 0. The second-order valence-electron chi connectivity index (χ2n) is 6.27. The highest BCUT2D eigenvalue weighted by Crippen LogP contribution is 2.30. The van der Waals surface area contributed by atoms with E-state index in [0.717, 1.165) is 28.4 Å². The maximum absolute atomic E-state index is 12.7. The molecule has 0 fully saturated rings. The van der Waals surface area contributed by atoms with Crippen molar-refractivity contribution >= 4 is 11.8 Å². The topological polar surface area (TPSA) is 38.0 Å². The van der Waals surface area contributed by atoms with Crippen molar-refractivity contribution in [1.29, 1.82) is 0 Å². The van der Waals surface area contributed by atoms with Crippen molar-refractivity contribution < 1.29 is 18.3 Å². The van der Waals surface area contributed by atoms with E-state index in [4.69, 9.17) is 0 Å². The van der Waals surface area contributed by atoms with E-state index in [1.165, 1.54) is 29.5 Å². The molecule has 7 heteroatoms. The van der Waals surface area contributed by atoms with Crippen LogP contribution in [0.1, 0.15) is 27.9 Å². The molecule has 142 valence electrons. The molecule has 3 aromatic rings. The van der Waals surface area contributed by atoms with Gasteiger partial charge in [0.1, 0.15) is 0 Å². The molecular weight excluding hydrogens is 373 g/mol. The number of halogens is 3. The van der Waals surface area contributed by atoms with Gasteiger partial charge in [0.15, 0.2) is 5.16 Å². The molecule has 3 rings (SSSR count). The number of benzene rings is 2. The number of aryl methyl sites for hydroxylation is 1. The second kappa shape index (κ2) is 8.19. The molecule has 3 nitrogen and oxygen atoms in total. The highest BCUT2D eigenvalue weighted by Gasteiger charge is 2.29. The second-order valence-corrected chi connectivity index (χ2v) is 7.21. The molecule has 1 aromatic heterocycles. The zero-order valence-corrected chi connectivity index (χ0v) is 15.5. The number of thioether (sulfide) groups is 1. The molecule has 2 aromatic carbocycles. The molecule has 0 aliphatic rings. The molecule has 1 N–H and O–H groups in total. The van der Waals surface area contributed by atoms with Crippen LogP contribution in [-0.4, -0.2) is 14.7 Å². The average molecular weight is 392 g/mol. The molecule has 0 radical (unpaired) electrons. The molecular formula is C20H19F3N2OS. The van der Waals surface area contributed by atoms with Gasteiger partial charge < -0.3 is 9.67 Å². The fraction of sp³-hybridized carbons (Fsp3) is 0.250. The van der Waals surface area contributed by atoms with E-state index in [1.54, 1.807) is 6.20 Å². The zero-order valence-electron chi connectivity index (χ0n) is 14.7. The number of rotatable bonds is 6. The van der Waals surface area contributed by atoms with Crippen molar-refractivity contribution in [2.45, 2.75) is 37.2 Å². The summed E-state index contributed by atoms with van der Waals surface area (Å²) in [5.74, 6) is 0.494. The van der Waals surface area contributed by atoms with Gasteiger partial charge in [0.05, 0.1) is 17.9 Å². The van der Waals surface area contributed by atoms with Gasteiger partial charge in [-0.15, -0.1) is 0 Å². The summed E-state index contributed by atoms with van der Waals surface area (Å²) in [6.45, 7) is 2.48. The maximum atomic E-state index is 12.7. The number of hydrogen-bond acceptors (Lipinski definition) is 3. The fourth-order valence-electron chi connectivity index (χ4n) is 2.58. The van der Waals surface area contributed by atoms with Crippen LogP contribution in [0.25, 0.3) is 0 Å². The smallest absolute Gasteiger partial charge is 0.390 e. The minimum Gasteiger partial charge on any atom is -0.390 e. The van der Waals surface area contributed by atoms with Gasteiger partial charge in [-0.1, -0.05) is 53.7 Å². The van der Waals surface area contributed by atoms with Crippen LogP contribution in [0.3, 0.4) is 0 Å². The molecule has 0 unspecified atom stereocenters. The van der Waals surface area contributed by atoms with Crippen molar-refractivity contribution in [3.63, 3.8) is 0 Å². The molecule has 0 atom stereocenters. The van der Waals surface area contributed by atoms with Crippen LogP contribution in [-0.2, 0) is 25.1 Å². The summed E-state index contributed by atoms with van der Waals surface area (Å²) in [5.41, 5.74) is 2.98. The minimum absolute atomic E-state index is 0.158. The summed E-state index contributed by atoms with van der Waals surface area (Å²) < 4.78 is 39.9. The molecule has 0 bridgehead atoms. The highest BCUT2D eigenvalue weighted by molar-refractivity contribution is 7.98. The normalized spacial score (nSPS) is 11.7.